The first kappa shape index (κ1) is 11.1. The van der Waals surface area contributed by atoms with Crippen LogP contribution in [0.15, 0.2) is 30.3 Å². The van der Waals surface area contributed by atoms with Crippen molar-refractivity contribution in [2.45, 2.75) is 11.2 Å². The first-order valence-corrected chi connectivity index (χ1v) is 6.85. The van der Waals surface area contributed by atoms with Crippen LogP contribution in [0, 0.1) is 5.92 Å². The van der Waals surface area contributed by atoms with Crippen molar-refractivity contribution >= 4 is 15.8 Å². The largest absolute Gasteiger partial charge is 0.481 e. The van der Waals surface area contributed by atoms with E-state index in [-0.39, 0.29) is 0 Å². The summed E-state index contributed by atoms with van der Waals surface area (Å²) in [7, 11) is -3.30. The maximum atomic E-state index is 11.4. The van der Waals surface area contributed by atoms with Crippen LogP contribution in [0.2, 0.25) is 0 Å². The zero-order valence-electron chi connectivity index (χ0n) is 8.70. The molecule has 3 atom stereocenters. The second kappa shape index (κ2) is 3.59. The SMILES string of the molecule is CS(=O)(=O)[C@H]1[C@H](C(=O)O)[C@@H]1c1ccccc1. The lowest BCUT2D eigenvalue weighted by molar-refractivity contribution is -0.138. The third kappa shape index (κ3) is 1.82. The Morgan fingerprint density at radius 2 is 1.81 bits per heavy atom. The molecule has 0 aliphatic heterocycles. The molecule has 0 unspecified atom stereocenters. The Bertz CT molecular complexity index is 506. The molecule has 0 heterocycles. The molecule has 1 aliphatic rings. The Kier molecular flexibility index (Phi) is 2.50. The minimum Gasteiger partial charge on any atom is -0.481 e. The Morgan fingerprint density at radius 3 is 2.19 bits per heavy atom. The fourth-order valence-electron chi connectivity index (χ4n) is 2.18. The number of aliphatic carboxylic acids is 1. The number of benzene rings is 1. The van der Waals surface area contributed by atoms with Crippen LogP contribution in [0.5, 0.6) is 0 Å². The van der Waals surface area contributed by atoms with Crippen molar-refractivity contribution in [2.24, 2.45) is 5.92 Å². The van der Waals surface area contributed by atoms with Crippen LogP contribution in [-0.2, 0) is 14.6 Å². The number of rotatable bonds is 3. The molecule has 16 heavy (non-hydrogen) atoms. The molecular weight excluding hydrogens is 228 g/mol. The van der Waals surface area contributed by atoms with E-state index < -0.39 is 32.9 Å². The third-order valence-corrected chi connectivity index (χ3v) is 4.49. The van der Waals surface area contributed by atoms with E-state index in [9.17, 15) is 13.2 Å². The lowest BCUT2D eigenvalue weighted by atomic mass is 10.1. The summed E-state index contributed by atoms with van der Waals surface area (Å²) in [5.41, 5.74) is 0.783. The van der Waals surface area contributed by atoms with Gasteiger partial charge in [-0.3, -0.25) is 4.79 Å². The summed E-state index contributed by atoms with van der Waals surface area (Å²) in [6, 6.07) is 8.92. The van der Waals surface area contributed by atoms with Crippen molar-refractivity contribution in [3.63, 3.8) is 0 Å². The molecule has 0 spiro atoms. The van der Waals surface area contributed by atoms with E-state index in [0.29, 0.717) is 0 Å². The van der Waals surface area contributed by atoms with Gasteiger partial charge in [0, 0.05) is 12.2 Å². The van der Waals surface area contributed by atoms with E-state index in [2.05, 4.69) is 0 Å². The molecule has 86 valence electrons. The van der Waals surface area contributed by atoms with Crippen LogP contribution in [0.25, 0.3) is 0 Å². The van der Waals surface area contributed by atoms with E-state index in [4.69, 9.17) is 5.11 Å². The van der Waals surface area contributed by atoms with Gasteiger partial charge in [0.2, 0.25) is 0 Å². The van der Waals surface area contributed by atoms with Gasteiger partial charge in [0.05, 0.1) is 11.2 Å². The maximum absolute atomic E-state index is 11.4. The standard InChI is InChI=1S/C11H12O4S/c1-16(14,15)10-8(9(10)11(12)13)7-5-3-2-4-6-7/h2-6,8-10H,1H3,(H,12,13)/t8-,9+,10+/m0/s1. The fourth-order valence-corrected chi connectivity index (χ4v) is 3.77. The Labute approximate surface area is 93.8 Å². The molecule has 5 heteroatoms. The molecule has 4 nitrogen and oxygen atoms in total. The van der Waals surface area contributed by atoms with E-state index in [0.717, 1.165) is 11.8 Å². The zero-order chi connectivity index (χ0) is 11.9. The molecule has 0 amide bonds. The summed E-state index contributed by atoms with van der Waals surface area (Å²) >= 11 is 0. The summed E-state index contributed by atoms with van der Waals surface area (Å²) in [5, 5.41) is 8.18. The van der Waals surface area contributed by atoms with E-state index in [1.807, 2.05) is 6.07 Å². The van der Waals surface area contributed by atoms with Crippen molar-refractivity contribution in [2.75, 3.05) is 6.26 Å². The summed E-state index contributed by atoms with van der Waals surface area (Å²) in [4.78, 5) is 10.9. The lowest BCUT2D eigenvalue weighted by Crippen LogP contribution is -2.10. The first-order valence-electron chi connectivity index (χ1n) is 4.89. The predicted octanol–water partition coefficient (Wildman–Crippen LogP) is 0.898. The average Bonchev–Trinajstić information content (AvgIpc) is 2.93. The van der Waals surface area contributed by atoms with Crippen LogP contribution in [0.4, 0.5) is 0 Å². The molecule has 1 N–H and O–H groups in total. The zero-order valence-corrected chi connectivity index (χ0v) is 9.52. The van der Waals surface area contributed by atoms with Crippen LogP contribution in [0.1, 0.15) is 11.5 Å². The quantitative estimate of drug-likeness (QED) is 0.852. The van der Waals surface area contributed by atoms with Crippen molar-refractivity contribution in [3.8, 4) is 0 Å². The number of sulfone groups is 1. The number of carboxylic acids is 1. The van der Waals surface area contributed by atoms with Crippen LogP contribution in [0.3, 0.4) is 0 Å². The Hall–Kier alpha value is -1.36. The van der Waals surface area contributed by atoms with Crippen molar-refractivity contribution in [3.05, 3.63) is 35.9 Å². The molecule has 1 fully saturated rings. The van der Waals surface area contributed by atoms with Crippen molar-refractivity contribution in [1.82, 2.24) is 0 Å². The van der Waals surface area contributed by atoms with Crippen molar-refractivity contribution in [1.29, 1.82) is 0 Å². The molecule has 0 radical (unpaired) electrons. The molecule has 1 saturated carbocycles. The summed E-state index contributed by atoms with van der Waals surface area (Å²) in [6.45, 7) is 0. The highest BCUT2D eigenvalue weighted by atomic mass is 32.2. The normalized spacial score (nSPS) is 28.7. The molecule has 1 aliphatic carbocycles. The van der Waals surface area contributed by atoms with Gasteiger partial charge in [-0.1, -0.05) is 30.3 Å². The highest BCUT2D eigenvalue weighted by Crippen LogP contribution is 2.52. The molecule has 0 saturated heterocycles. The fraction of sp³-hybridized carbons (Fsp3) is 0.364. The third-order valence-electron chi connectivity index (χ3n) is 2.92. The molecule has 1 aromatic rings. The van der Waals surface area contributed by atoms with E-state index >= 15 is 0 Å². The number of hydrogen-bond acceptors (Lipinski definition) is 3. The van der Waals surface area contributed by atoms with Gasteiger partial charge in [-0.15, -0.1) is 0 Å². The average molecular weight is 240 g/mol. The van der Waals surface area contributed by atoms with Crippen LogP contribution in [-0.4, -0.2) is 31.0 Å². The summed E-state index contributed by atoms with van der Waals surface area (Å²) in [5.74, 6) is -2.23. The first-order chi connectivity index (χ1) is 7.43. The predicted molar refractivity (Wildman–Crippen MR) is 58.9 cm³/mol. The maximum Gasteiger partial charge on any atom is 0.308 e. The van der Waals surface area contributed by atoms with Crippen molar-refractivity contribution < 1.29 is 18.3 Å². The second-order valence-electron chi connectivity index (χ2n) is 4.09. The Balaban J connectivity index is 2.34. The monoisotopic (exact) mass is 240 g/mol. The molecular formula is C11H12O4S. The minimum absolute atomic E-state index is 0.395. The van der Waals surface area contributed by atoms with Crippen LogP contribution >= 0.6 is 0 Å². The van der Waals surface area contributed by atoms with Gasteiger partial charge in [-0.25, -0.2) is 8.42 Å². The van der Waals surface area contributed by atoms with Gasteiger partial charge in [-0.2, -0.15) is 0 Å². The highest BCUT2D eigenvalue weighted by Gasteiger charge is 2.61. The van der Waals surface area contributed by atoms with Gasteiger partial charge in [0.15, 0.2) is 9.84 Å². The number of carboxylic acid groups (broad SMARTS) is 1. The van der Waals surface area contributed by atoms with E-state index in [1.54, 1.807) is 24.3 Å². The topological polar surface area (TPSA) is 71.4 Å². The summed E-state index contributed by atoms with van der Waals surface area (Å²) < 4.78 is 22.9. The van der Waals surface area contributed by atoms with Crippen LogP contribution < -0.4 is 0 Å². The molecule has 0 aromatic heterocycles. The smallest absolute Gasteiger partial charge is 0.308 e. The lowest BCUT2D eigenvalue weighted by Gasteiger charge is -1.97. The van der Waals surface area contributed by atoms with Gasteiger partial charge >= 0.3 is 5.97 Å². The molecule has 1 aromatic carbocycles. The number of hydrogen-bond donors (Lipinski definition) is 1. The molecule has 0 bridgehead atoms. The number of carbonyl (C=O) groups is 1. The second-order valence-corrected chi connectivity index (χ2v) is 6.30. The Morgan fingerprint density at radius 1 is 1.25 bits per heavy atom. The van der Waals surface area contributed by atoms with Gasteiger partial charge in [-0.05, 0) is 5.56 Å². The van der Waals surface area contributed by atoms with Gasteiger partial charge in [0.25, 0.3) is 0 Å². The minimum atomic E-state index is -3.30. The van der Waals surface area contributed by atoms with E-state index in [1.165, 1.54) is 0 Å². The van der Waals surface area contributed by atoms with Gasteiger partial charge in [0.1, 0.15) is 0 Å². The van der Waals surface area contributed by atoms with Gasteiger partial charge < -0.3 is 5.11 Å². The molecule has 2 rings (SSSR count). The highest BCUT2D eigenvalue weighted by molar-refractivity contribution is 7.91. The summed E-state index contributed by atoms with van der Waals surface area (Å²) in [6.07, 6.45) is 1.09.